The molecule has 0 radical (unpaired) electrons. The van der Waals surface area contributed by atoms with Crippen LogP contribution in [0, 0.1) is 0 Å². The minimum atomic E-state index is -0.187. The molecule has 6 heteroatoms. The highest BCUT2D eigenvalue weighted by Crippen LogP contribution is 2.18. The number of piperazine rings is 1. The van der Waals surface area contributed by atoms with Crippen LogP contribution in [0.3, 0.4) is 0 Å². The number of amides is 2. The molecule has 2 amide bonds. The number of hydrogen-bond acceptors (Lipinski definition) is 4. The highest BCUT2D eigenvalue weighted by Gasteiger charge is 2.18. The van der Waals surface area contributed by atoms with Crippen molar-refractivity contribution in [1.29, 1.82) is 0 Å². The van der Waals surface area contributed by atoms with Crippen molar-refractivity contribution in [1.82, 2.24) is 15.5 Å². The van der Waals surface area contributed by atoms with Gasteiger partial charge >= 0.3 is 0 Å². The predicted molar refractivity (Wildman–Crippen MR) is 135 cm³/mol. The van der Waals surface area contributed by atoms with Crippen LogP contribution in [0.2, 0.25) is 0 Å². The number of para-hydroxylation sites is 1. The molecule has 3 aromatic carbocycles. The fourth-order valence-electron chi connectivity index (χ4n) is 4.21. The Morgan fingerprint density at radius 1 is 0.676 bits per heavy atom. The first-order chi connectivity index (χ1) is 16.7. The number of anilines is 1. The molecular weight excluding hydrogens is 424 g/mol. The lowest BCUT2D eigenvalue weighted by Crippen LogP contribution is -2.46. The molecule has 0 saturated carbocycles. The number of nitrogens with zero attached hydrogens (tertiary/aromatic N) is 2. The quantitative estimate of drug-likeness (QED) is 0.520. The SMILES string of the molecule is O=C(CNC(=O)Cc1ccccc1)NCc1ccccc1CN1CCN(c2ccccc2)CC1. The normalized spacial score (nSPS) is 13.9. The molecule has 0 unspecified atom stereocenters. The molecule has 0 bridgehead atoms. The number of carbonyl (C=O) groups excluding carboxylic acids is 2. The van der Waals surface area contributed by atoms with E-state index in [2.05, 4.69) is 56.8 Å². The summed E-state index contributed by atoms with van der Waals surface area (Å²) < 4.78 is 0. The van der Waals surface area contributed by atoms with Crippen LogP contribution in [0.1, 0.15) is 16.7 Å². The van der Waals surface area contributed by atoms with Gasteiger partial charge in [0.25, 0.3) is 0 Å². The molecule has 1 aliphatic rings. The number of hydrogen-bond donors (Lipinski definition) is 2. The summed E-state index contributed by atoms with van der Waals surface area (Å²) in [4.78, 5) is 29.3. The highest BCUT2D eigenvalue weighted by atomic mass is 16.2. The van der Waals surface area contributed by atoms with E-state index in [9.17, 15) is 9.59 Å². The maximum absolute atomic E-state index is 12.3. The molecule has 0 spiro atoms. The average molecular weight is 457 g/mol. The summed E-state index contributed by atoms with van der Waals surface area (Å²) in [6.45, 7) is 5.31. The lowest BCUT2D eigenvalue weighted by molar-refractivity contribution is -0.125. The molecule has 2 N–H and O–H groups in total. The summed E-state index contributed by atoms with van der Waals surface area (Å²) in [6, 6.07) is 28.3. The molecule has 176 valence electrons. The van der Waals surface area contributed by atoms with E-state index in [-0.39, 0.29) is 24.8 Å². The lowest BCUT2D eigenvalue weighted by atomic mass is 10.1. The fourth-order valence-corrected chi connectivity index (χ4v) is 4.21. The van der Waals surface area contributed by atoms with Gasteiger partial charge in [-0.1, -0.05) is 72.8 Å². The van der Waals surface area contributed by atoms with Gasteiger partial charge in [0.2, 0.25) is 11.8 Å². The first-order valence-electron chi connectivity index (χ1n) is 11.8. The molecule has 1 fully saturated rings. The van der Waals surface area contributed by atoms with Crippen molar-refractivity contribution in [2.75, 3.05) is 37.6 Å². The predicted octanol–water partition coefficient (Wildman–Crippen LogP) is 2.98. The van der Waals surface area contributed by atoms with Gasteiger partial charge < -0.3 is 15.5 Å². The van der Waals surface area contributed by atoms with Crippen LogP contribution in [0.4, 0.5) is 5.69 Å². The first kappa shape index (κ1) is 23.5. The maximum Gasteiger partial charge on any atom is 0.239 e. The van der Waals surface area contributed by atoms with Crippen LogP contribution < -0.4 is 15.5 Å². The third kappa shape index (κ3) is 6.93. The van der Waals surface area contributed by atoms with E-state index in [1.54, 1.807) is 0 Å². The lowest BCUT2D eigenvalue weighted by Gasteiger charge is -2.36. The molecular formula is C28H32N4O2. The van der Waals surface area contributed by atoms with E-state index in [1.165, 1.54) is 11.3 Å². The van der Waals surface area contributed by atoms with Crippen LogP contribution in [0.25, 0.3) is 0 Å². The third-order valence-electron chi connectivity index (χ3n) is 6.14. The zero-order valence-corrected chi connectivity index (χ0v) is 19.5. The summed E-state index contributed by atoms with van der Waals surface area (Å²) in [7, 11) is 0. The van der Waals surface area contributed by atoms with Crippen molar-refractivity contribution in [3.8, 4) is 0 Å². The van der Waals surface area contributed by atoms with Gasteiger partial charge in [0.1, 0.15) is 0 Å². The second-order valence-electron chi connectivity index (χ2n) is 8.58. The van der Waals surface area contributed by atoms with E-state index >= 15 is 0 Å². The van der Waals surface area contributed by atoms with Gasteiger partial charge in [-0.25, -0.2) is 0 Å². The van der Waals surface area contributed by atoms with Gasteiger partial charge in [-0.3, -0.25) is 14.5 Å². The molecule has 6 nitrogen and oxygen atoms in total. The van der Waals surface area contributed by atoms with Crippen molar-refractivity contribution in [2.24, 2.45) is 0 Å². The van der Waals surface area contributed by atoms with E-state index in [4.69, 9.17) is 0 Å². The molecule has 3 aromatic rings. The van der Waals surface area contributed by atoms with E-state index in [0.29, 0.717) is 6.54 Å². The van der Waals surface area contributed by atoms with Gasteiger partial charge in [-0.2, -0.15) is 0 Å². The first-order valence-corrected chi connectivity index (χ1v) is 11.8. The molecule has 4 rings (SSSR count). The smallest absolute Gasteiger partial charge is 0.239 e. The highest BCUT2D eigenvalue weighted by molar-refractivity contribution is 5.85. The molecule has 0 aliphatic carbocycles. The number of benzene rings is 3. The summed E-state index contributed by atoms with van der Waals surface area (Å²) in [6.07, 6.45) is 0.272. The maximum atomic E-state index is 12.3. The zero-order chi connectivity index (χ0) is 23.6. The molecule has 34 heavy (non-hydrogen) atoms. The van der Waals surface area contributed by atoms with E-state index in [1.807, 2.05) is 48.5 Å². The van der Waals surface area contributed by atoms with Crippen molar-refractivity contribution in [3.63, 3.8) is 0 Å². The molecule has 0 aromatic heterocycles. The van der Waals surface area contributed by atoms with Gasteiger partial charge in [-0.05, 0) is 28.8 Å². The minimum absolute atomic E-state index is 0.0186. The van der Waals surface area contributed by atoms with Crippen LogP contribution in [0.5, 0.6) is 0 Å². The minimum Gasteiger partial charge on any atom is -0.369 e. The van der Waals surface area contributed by atoms with E-state index in [0.717, 1.165) is 43.9 Å². The molecule has 1 saturated heterocycles. The zero-order valence-electron chi connectivity index (χ0n) is 19.5. The number of carbonyl (C=O) groups is 2. The van der Waals surface area contributed by atoms with Gasteiger partial charge in [0.15, 0.2) is 0 Å². The van der Waals surface area contributed by atoms with Crippen molar-refractivity contribution >= 4 is 17.5 Å². The molecule has 1 aliphatic heterocycles. The Labute approximate surface area is 201 Å². The standard InChI is InChI=1S/C28H32N4O2/c33-27(19-23-9-3-1-4-10-23)30-21-28(34)29-20-24-11-7-8-12-25(24)22-31-15-17-32(18-16-31)26-13-5-2-6-14-26/h1-14H,15-22H2,(H,29,34)(H,30,33). The van der Waals surface area contributed by atoms with Crippen molar-refractivity contribution in [2.45, 2.75) is 19.5 Å². The van der Waals surface area contributed by atoms with Crippen molar-refractivity contribution < 1.29 is 9.59 Å². The Bertz CT molecular complexity index is 1060. The third-order valence-corrected chi connectivity index (χ3v) is 6.14. The summed E-state index contributed by atoms with van der Waals surface area (Å²) >= 11 is 0. The Morgan fingerprint density at radius 3 is 2.00 bits per heavy atom. The van der Waals surface area contributed by atoms with Crippen LogP contribution in [-0.2, 0) is 29.1 Å². The van der Waals surface area contributed by atoms with Gasteiger partial charge in [-0.15, -0.1) is 0 Å². The topological polar surface area (TPSA) is 64.7 Å². The fraction of sp³-hybridized carbons (Fsp3) is 0.286. The van der Waals surface area contributed by atoms with E-state index < -0.39 is 0 Å². The van der Waals surface area contributed by atoms with Crippen molar-refractivity contribution in [3.05, 3.63) is 102 Å². The monoisotopic (exact) mass is 456 g/mol. The number of nitrogens with one attached hydrogen (secondary N) is 2. The largest absolute Gasteiger partial charge is 0.369 e. The van der Waals surface area contributed by atoms with Gasteiger partial charge in [0, 0.05) is 45.0 Å². The second-order valence-corrected chi connectivity index (χ2v) is 8.58. The summed E-state index contributed by atoms with van der Waals surface area (Å²) in [5.41, 5.74) is 4.54. The molecule has 1 heterocycles. The molecule has 0 atom stereocenters. The second kappa shape index (κ2) is 12.0. The Kier molecular flexibility index (Phi) is 8.30. The average Bonchev–Trinajstić information content (AvgIpc) is 2.88. The van der Waals surface area contributed by atoms with Crippen LogP contribution in [-0.4, -0.2) is 49.4 Å². The van der Waals surface area contributed by atoms with Crippen LogP contribution in [0.15, 0.2) is 84.9 Å². The van der Waals surface area contributed by atoms with Gasteiger partial charge in [0.05, 0.1) is 13.0 Å². The Hall–Kier alpha value is -3.64. The summed E-state index contributed by atoms with van der Waals surface area (Å²) in [5, 5.41) is 5.65. The van der Waals surface area contributed by atoms with Crippen LogP contribution >= 0.6 is 0 Å². The Morgan fingerprint density at radius 2 is 1.29 bits per heavy atom. The summed E-state index contributed by atoms with van der Waals surface area (Å²) in [5.74, 6) is -0.343. The number of rotatable bonds is 9. The Balaban J connectivity index is 1.22.